The van der Waals surface area contributed by atoms with Crippen LogP contribution in [0.4, 0.5) is 5.69 Å². The van der Waals surface area contributed by atoms with Crippen LogP contribution in [0.15, 0.2) is 71.6 Å². The first-order valence-electron chi connectivity index (χ1n) is 9.63. The van der Waals surface area contributed by atoms with Crippen LogP contribution < -0.4 is 29.8 Å². The number of amides is 2. The smallest absolute Gasteiger partial charge is 0.269 e. The van der Waals surface area contributed by atoms with E-state index in [4.69, 9.17) is 14.2 Å². The van der Waals surface area contributed by atoms with Gasteiger partial charge in [-0.15, -0.1) is 0 Å². The van der Waals surface area contributed by atoms with Crippen LogP contribution >= 0.6 is 0 Å². The summed E-state index contributed by atoms with van der Waals surface area (Å²) in [6.45, 7) is 0.0717. The first-order valence-corrected chi connectivity index (χ1v) is 11.1. The summed E-state index contributed by atoms with van der Waals surface area (Å²) >= 11 is 0. The Morgan fingerprint density at radius 2 is 1.55 bits per heavy atom. The number of rotatable bonds is 6. The second-order valence-electron chi connectivity index (χ2n) is 6.81. The van der Waals surface area contributed by atoms with Crippen LogP contribution in [-0.2, 0) is 10.0 Å². The minimum Gasteiger partial charge on any atom is -0.495 e. The molecule has 4 rings (SSSR count). The van der Waals surface area contributed by atoms with E-state index in [2.05, 4.69) is 15.6 Å². The van der Waals surface area contributed by atoms with Gasteiger partial charge < -0.3 is 14.2 Å². The Labute approximate surface area is 189 Å². The summed E-state index contributed by atoms with van der Waals surface area (Å²) in [5, 5.41) is 0. The lowest BCUT2D eigenvalue weighted by molar-refractivity contribution is 0.0846. The number of hydrazine groups is 1. The number of nitrogens with one attached hydrogen (secondary N) is 3. The number of fused-ring (bicyclic) bond motifs is 1. The van der Waals surface area contributed by atoms with E-state index in [1.807, 2.05) is 0 Å². The highest BCUT2D eigenvalue weighted by atomic mass is 32.2. The Bertz CT molecular complexity index is 1330. The lowest BCUT2D eigenvalue weighted by Gasteiger charge is -2.12. The summed E-state index contributed by atoms with van der Waals surface area (Å²) in [6, 6.07) is 16.5. The van der Waals surface area contributed by atoms with Gasteiger partial charge in [-0.05, 0) is 48.5 Å². The zero-order valence-electron chi connectivity index (χ0n) is 17.3. The Hall–Kier alpha value is -4.25. The largest absolute Gasteiger partial charge is 0.495 e. The zero-order chi connectivity index (χ0) is 23.4. The predicted octanol–water partition coefficient (Wildman–Crippen LogP) is 2.30. The van der Waals surface area contributed by atoms with Gasteiger partial charge in [-0.25, -0.2) is 8.42 Å². The highest BCUT2D eigenvalue weighted by Gasteiger charge is 2.19. The van der Waals surface area contributed by atoms with Crippen molar-refractivity contribution in [1.29, 1.82) is 0 Å². The van der Waals surface area contributed by atoms with E-state index in [0.717, 1.165) is 0 Å². The number of benzene rings is 3. The SMILES string of the molecule is COc1ccccc1NS(=O)(=O)c1cccc(C(=O)NNC(=O)c2ccc3c(c2)OCO3)c1. The molecular weight excluding hydrogens is 450 g/mol. The van der Waals surface area contributed by atoms with Crippen molar-refractivity contribution in [2.45, 2.75) is 4.90 Å². The molecule has 0 spiro atoms. The van der Waals surface area contributed by atoms with E-state index in [-0.39, 0.29) is 28.5 Å². The zero-order valence-corrected chi connectivity index (χ0v) is 18.1. The highest BCUT2D eigenvalue weighted by molar-refractivity contribution is 7.92. The van der Waals surface area contributed by atoms with Crippen molar-refractivity contribution in [3.63, 3.8) is 0 Å². The molecule has 11 heteroatoms. The van der Waals surface area contributed by atoms with E-state index < -0.39 is 21.8 Å². The Morgan fingerprint density at radius 1 is 0.848 bits per heavy atom. The third kappa shape index (κ3) is 4.83. The van der Waals surface area contributed by atoms with Crippen molar-refractivity contribution >= 4 is 27.5 Å². The Balaban J connectivity index is 1.44. The van der Waals surface area contributed by atoms with Gasteiger partial charge in [-0.1, -0.05) is 18.2 Å². The number of hydrogen-bond acceptors (Lipinski definition) is 7. The van der Waals surface area contributed by atoms with Gasteiger partial charge >= 0.3 is 0 Å². The lowest BCUT2D eigenvalue weighted by atomic mass is 10.2. The lowest BCUT2D eigenvalue weighted by Crippen LogP contribution is -2.41. The summed E-state index contributed by atoms with van der Waals surface area (Å²) in [5.74, 6) is 0.0210. The van der Waals surface area contributed by atoms with Crippen LogP contribution in [0.1, 0.15) is 20.7 Å². The van der Waals surface area contributed by atoms with E-state index in [1.165, 1.54) is 43.5 Å². The number of para-hydroxylation sites is 2. The molecule has 1 aliphatic heterocycles. The summed E-state index contributed by atoms with van der Waals surface area (Å²) < 4.78 is 43.6. The van der Waals surface area contributed by atoms with Gasteiger partial charge in [-0.2, -0.15) is 0 Å². The molecule has 1 heterocycles. The number of carbonyl (C=O) groups excluding carboxylic acids is 2. The molecule has 1 aliphatic rings. The molecule has 0 radical (unpaired) electrons. The van der Waals surface area contributed by atoms with Crippen LogP contribution in [0.25, 0.3) is 0 Å². The predicted molar refractivity (Wildman–Crippen MR) is 118 cm³/mol. The molecule has 2 amide bonds. The monoisotopic (exact) mass is 469 g/mol. The molecule has 0 unspecified atom stereocenters. The summed E-state index contributed by atoms with van der Waals surface area (Å²) in [4.78, 5) is 24.7. The van der Waals surface area contributed by atoms with Crippen LogP contribution in [0, 0.1) is 0 Å². The van der Waals surface area contributed by atoms with Crippen LogP contribution in [0.5, 0.6) is 17.2 Å². The molecule has 0 bridgehead atoms. The highest BCUT2D eigenvalue weighted by Crippen LogP contribution is 2.32. The van der Waals surface area contributed by atoms with Gasteiger partial charge in [0.25, 0.3) is 21.8 Å². The maximum absolute atomic E-state index is 12.8. The number of carbonyl (C=O) groups is 2. The Kier molecular flexibility index (Phi) is 6.05. The maximum Gasteiger partial charge on any atom is 0.269 e. The molecule has 0 aliphatic carbocycles. The molecule has 0 atom stereocenters. The van der Waals surface area contributed by atoms with Gasteiger partial charge in [-0.3, -0.25) is 25.2 Å². The average molecular weight is 469 g/mol. The van der Waals surface area contributed by atoms with Crippen molar-refractivity contribution in [1.82, 2.24) is 10.9 Å². The molecule has 3 aromatic carbocycles. The maximum atomic E-state index is 12.8. The standard InChI is InChI=1S/C22H19N3O7S/c1-30-18-8-3-2-7-17(18)25-33(28,29)16-6-4-5-14(11-16)21(26)23-24-22(27)15-9-10-19-20(12-15)32-13-31-19/h2-12,25H,13H2,1H3,(H,23,26)(H,24,27). The molecule has 0 saturated heterocycles. The van der Waals surface area contributed by atoms with Crippen molar-refractivity contribution in [2.24, 2.45) is 0 Å². The third-order valence-corrected chi connectivity index (χ3v) is 6.05. The molecule has 33 heavy (non-hydrogen) atoms. The number of ether oxygens (including phenoxy) is 3. The first kappa shape index (κ1) is 22.0. The van der Waals surface area contributed by atoms with Crippen molar-refractivity contribution in [3.8, 4) is 17.2 Å². The quantitative estimate of drug-likeness (QED) is 0.472. The number of methoxy groups -OCH3 is 1. The molecule has 0 aromatic heterocycles. The van der Waals surface area contributed by atoms with Crippen molar-refractivity contribution in [2.75, 3.05) is 18.6 Å². The van der Waals surface area contributed by atoms with Crippen LogP contribution in [-0.4, -0.2) is 34.1 Å². The first-order chi connectivity index (χ1) is 15.9. The van der Waals surface area contributed by atoms with Gasteiger partial charge in [0.1, 0.15) is 5.75 Å². The second kappa shape index (κ2) is 9.09. The van der Waals surface area contributed by atoms with Gasteiger partial charge in [0.15, 0.2) is 11.5 Å². The molecule has 0 fully saturated rings. The summed E-state index contributed by atoms with van der Waals surface area (Å²) in [6.07, 6.45) is 0. The van der Waals surface area contributed by atoms with E-state index in [1.54, 1.807) is 30.3 Å². The van der Waals surface area contributed by atoms with Crippen molar-refractivity contribution in [3.05, 3.63) is 77.9 Å². The molecule has 170 valence electrons. The molecule has 3 aromatic rings. The molecule has 3 N–H and O–H groups in total. The number of anilines is 1. The van der Waals surface area contributed by atoms with Gasteiger partial charge in [0, 0.05) is 11.1 Å². The summed E-state index contributed by atoms with van der Waals surface area (Å²) in [5.41, 5.74) is 5.08. The number of sulfonamides is 1. The molecule has 10 nitrogen and oxygen atoms in total. The Morgan fingerprint density at radius 3 is 2.30 bits per heavy atom. The minimum atomic E-state index is -4.01. The van der Waals surface area contributed by atoms with Crippen LogP contribution in [0.2, 0.25) is 0 Å². The number of hydrogen-bond donors (Lipinski definition) is 3. The second-order valence-corrected chi connectivity index (χ2v) is 8.49. The topological polar surface area (TPSA) is 132 Å². The molecule has 0 saturated carbocycles. The van der Waals surface area contributed by atoms with E-state index in [9.17, 15) is 18.0 Å². The van der Waals surface area contributed by atoms with E-state index >= 15 is 0 Å². The minimum absolute atomic E-state index is 0.0314. The fourth-order valence-corrected chi connectivity index (χ4v) is 4.15. The normalized spacial score (nSPS) is 12.0. The van der Waals surface area contributed by atoms with Gasteiger partial charge in [0.05, 0.1) is 17.7 Å². The van der Waals surface area contributed by atoms with Gasteiger partial charge in [0.2, 0.25) is 6.79 Å². The van der Waals surface area contributed by atoms with Crippen LogP contribution in [0.3, 0.4) is 0 Å². The third-order valence-electron chi connectivity index (χ3n) is 4.68. The fourth-order valence-electron chi connectivity index (χ4n) is 3.03. The molecular formula is C22H19N3O7S. The van der Waals surface area contributed by atoms with Crippen molar-refractivity contribution < 1.29 is 32.2 Å². The fraction of sp³-hybridized carbons (Fsp3) is 0.0909. The van der Waals surface area contributed by atoms with E-state index in [0.29, 0.717) is 17.2 Å². The average Bonchev–Trinajstić information content (AvgIpc) is 3.30. The summed E-state index contributed by atoms with van der Waals surface area (Å²) in [7, 11) is -2.58.